The van der Waals surface area contributed by atoms with E-state index >= 15 is 0 Å². The molecule has 0 fully saturated rings. The van der Waals surface area contributed by atoms with Gasteiger partial charge in [-0.1, -0.05) is 13.8 Å². The van der Waals surface area contributed by atoms with Crippen molar-refractivity contribution in [1.29, 1.82) is 0 Å². The van der Waals surface area contributed by atoms with Gasteiger partial charge < -0.3 is 15.6 Å². The lowest BCUT2D eigenvalue weighted by atomic mass is 9.92. The van der Waals surface area contributed by atoms with Crippen molar-refractivity contribution in [3.05, 3.63) is 23.3 Å². The number of ether oxygens (including phenoxy) is 1. The maximum atomic E-state index is 11.1. The highest BCUT2D eigenvalue weighted by Gasteiger charge is 2.18. The summed E-state index contributed by atoms with van der Waals surface area (Å²) in [5.41, 5.74) is 7.31. The molecule has 17 heavy (non-hydrogen) atoms. The average molecular weight is 237 g/mol. The van der Waals surface area contributed by atoms with Gasteiger partial charge in [-0.2, -0.15) is 0 Å². The minimum atomic E-state index is -1.01. The smallest absolute Gasteiger partial charge is 0.339 e. The van der Waals surface area contributed by atoms with Crippen LogP contribution in [-0.4, -0.2) is 18.2 Å². The molecule has 4 nitrogen and oxygen atoms in total. The van der Waals surface area contributed by atoms with E-state index in [0.29, 0.717) is 11.6 Å². The lowest BCUT2D eigenvalue weighted by molar-refractivity contribution is 0.0693. The third-order valence-electron chi connectivity index (χ3n) is 3.03. The third kappa shape index (κ3) is 2.70. The quantitative estimate of drug-likeness (QED) is 0.772. The van der Waals surface area contributed by atoms with Gasteiger partial charge in [-0.3, -0.25) is 0 Å². The van der Waals surface area contributed by atoms with Crippen molar-refractivity contribution in [1.82, 2.24) is 0 Å². The molecule has 0 radical (unpaired) electrons. The van der Waals surface area contributed by atoms with Crippen molar-refractivity contribution >= 4 is 11.7 Å². The molecule has 0 aliphatic heterocycles. The van der Waals surface area contributed by atoms with Crippen molar-refractivity contribution in [3.63, 3.8) is 0 Å². The molecule has 0 saturated carbocycles. The van der Waals surface area contributed by atoms with Crippen LogP contribution in [0.1, 0.15) is 48.5 Å². The summed E-state index contributed by atoms with van der Waals surface area (Å²) in [5.74, 6) is -0.435. The van der Waals surface area contributed by atoms with E-state index in [-0.39, 0.29) is 11.3 Å². The molecule has 1 rings (SSSR count). The monoisotopic (exact) mass is 237 g/mol. The largest absolute Gasteiger partial charge is 0.494 e. The van der Waals surface area contributed by atoms with E-state index in [9.17, 15) is 4.79 Å². The number of aromatic carboxylic acids is 1. The predicted octanol–water partition coefficient (Wildman–Crippen LogP) is 2.88. The molecule has 0 heterocycles. The molecule has 94 valence electrons. The first-order valence-corrected chi connectivity index (χ1v) is 5.75. The Morgan fingerprint density at radius 2 is 2.00 bits per heavy atom. The Kier molecular flexibility index (Phi) is 4.37. The van der Waals surface area contributed by atoms with Crippen LogP contribution in [0.3, 0.4) is 0 Å². The van der Waals surface area contributed by atoms with Crippen LogP contribution in [-0.2, 0) is 0 Å². The number of hydrogen-bond donors (Lipinski definition) is 2. The first-order valence-electron chi connectivity index (χ1n) is 5.75. The van der Waals surface area contributed by atoms with Gasteiger partial charge in [0, 0.05) is 0 Å². The number of rotatable bonds is 5. The fourth-order valence-corrected chi connectivity index (χ4v) is 2.06. The Morgan fingerprint density at radius 1 is 1.41 bits per heavy atom. The van der Waals surface area contributed by atoms with Crippen LogP contribution in [0.2, 0.25) is 0 Å². The summed E-state index contributed by atoms with van der Waals surface area (Å²) in [6.45, 7) is 4.16. The number of benzene rings is 1. The number of hydrogen-bond acceptors (Lipinski definition) is 3. The van der Waals surface area contributed by atoms with Gasteiger partial charge in [0.1, 0.15) is 5.56 Å². The average Bonchev–Trinajstić information content (AvgIpc) is 2.29. The molecule has 0 spiro atoms. The van der Waals surface area contributed by atoms with Crippen LogP contribution in [0.15, 0.2) is 12.1 Å². The van der Waals surface area contributed by atoms with Gasteiger partial charge in [0.25, 0.3) is 0 Å². The second-order valence-electron chi connectivity index (χ2n) is 4.01. The second-order valence-corrected chi connectivity index (χ2v) is 4.01. The molecular weight excluding hydrogens is 218 g/mol. The minimum absolute atomic E-state index is 0.134. The number of anilines is 1. The lowest BCUT2D eigenvalue weighted by Gasteiger charge is -2.16. The summed E-state index contributed by atoms with van der Waals surface area (Å²) in [6.07, 6.45) is 1.92. The number of nitrogens with two attached hydrogens (primary N) is 1. The van der Waals surface area contributed by atoms with Gasteiger partial charge >= 0.3 is 5.97 Å². The van der Waals surface area contributed by atoms with Gasteiger partial charge in [0.15, 0.2) is 5.75 Å². The number of nitrogen functional groups attached to an aromatic ring is 1. The molecule has 4 heteroatoms. The fraction of sp³-hybridized carbons (Fsp3) is 0.462. The number of carboxylic acid groups (broad SMARTS) is 1. The number of methoxy groups -OCH3 is 1. The molecule has 3 N–H and O–H groups in total. The van der Waals surface area contributed by atoms with Crippen molar-refractivity contribution in [2.24, 2.45) is 0 Å². The summed E-state index contributed by atoms with van der Waals surface area (Å²) in [7, 11) is 1.43. The summed E-state index contributed by atoms with van der Waals surface area (Å²) < 4.78 is 5.03. The molecule has 0 aliphatic carbocycles. The Labute approximate surface area is 101 Å². The van der Waals surface area contributed by atoms with Crippen molar-refractivity contribution in [3.8, 4) is 5.75 Å². The normalized spacial score (nSPS) is 10.6. The molecule has 0 saturated heterocycles. The summed E-state index contributed by atoms with van der Waals surface area (Å²) in [6, 6.07) is 3.47. The van der Waals surface area contributed by atoms with Crippen molar-refractivity contribution in [2.45, 2.75) is 32.6 Å². The van der Waals surface area contributed by atoms with Crippen LogP contribution >= 0.6 is 0 Å². The second kappa shape index (κ2) is 5.57. The topological polar surface area (TPSA) is 72.5 Å². The molecule has 0 unspecified atom stereocenters. The predicted molar refractivity (Wildman–Crippen MR) is 67.7 cm³/mol. The summed E-state index contributed by atoms with van der Waals surface area (Å²) >= 11 is 0. The molecule has 1 aromatic carbocycles. The fourth-order valence-electron chi connectivity index (χ4n) is 2.06. The van der Waals surface area contributed by atoms with Crippen LogP contribution in [0.5, 0.6) is 5.75 Å². The standard InChI is InChI=1S/C13H19NO3/c1-4-8(5-2)9-6-10(13(15)16)12(17-3)11(14)7-9/h6-8H,4-5,14H2,1-3H3,(H,15,16). The van der Waals surface area contributed by atoms with E-state index in [1.54, 1.807) is 6.07 Å². The molecule has 0 atom stereocenters. The highest BCUT2D eigenvalue weighted by molar-refractivity contribution is 5.93. The highest BCUT2D eigenvalue weighted by Crippen LogP contribution is 2.33. The zero-order valence-corrected chi connectivity index (χ0v) is 10.5. The van der Waals surface area contributed by atoms with Crippen LogP contribution in [0.4, 0.5) is 5.69 Å². The van der Waals surface area contributed by atoms with Gasteiger partial charge in [-0.25, -0.2) is 4.79 Å². The Morgan fingerprint density at radius 3 is 2.41 bits per heavy atom. The Bertz CT molecular complexity index is 411. The minimum Gasteiger partial charge on any atom is -0.494 e. The SMILES string of the molecule is CCC(CC)c1cc(N)c(OC)c(C(=O)O)c1. The molecule has 0 amide bonds. The van der Waals surface area contributed by atoms with Crippen LogP contribution in [0, 0.1) is 0 Å². The first-order chi connectivity index (χ1) is 8.04. The van der Waals surface area contributed by atoms with E-state index < -0.39 is 5.97 Å². The maximum absolute atomic E-state index is 11.1. The van der Waals surface area contributed by atoms with Gasteiger partial charge in [0.05, 0.1) is 12.8 Å². The maximum Gasteiger partial charge on any atom is 0.339 e. The number of carboxylic acids is 1. The van der Waals surface area contributed by atoms with Crippen molar-refractivity contribution in [2.75, 3.05) is 12.8 Å². The zero-order chi connectivity index (χ0) is 13.0. The van der Waals surface area contributed by atoms with Crippen molar-refractivity contribution < 1.29 is 14.6 Å². The lowest BCUT2D eigenvalue weighted by Crippen LogP contribution is -2.07. The van der Waals surface area contributed by atoms with Gasteiger partial charge in [0.2, 0.25) is 0 Å². The van der Waals surface area contributed by atoms with Gasteiger partial charge in [-0.15, -0.1) is 0 Å². The van der Waals surface area contributed by atoms with E-state index in [4.69, 9.17) is 15.6 Å². The Hall–Kier alpha value is -1.71. The van der Waals surface area contributed by atoms with E-state index in [0.717, 1.165) is 18.4 Å². The van der Waals surface area contributed by atoms with Gasteiger partial charge in [-0.05, 0) is 36.5 Å². The van der Waals surface area contributed by atoms with E-state index in [1.807, 2.05) is 6.07 Å². The summed E-state index contributed by atoms with van der Waals surface area (Å²) in [5, 5.41) is 9.14. The summed E-state index contributed by atoms with van der Waals surface area (Å²) in [4.78, 5) is 11.1. The van der Waals surface area contributed by atoms with E-state index in [2.05, 4.69) is 13.8 Å². The molecular formula is C13H19NO3. The zero-order valence-electron chi connectivity index (χ0n) is 10.5. The number of carbonyl (C=O) groups is 1. The molecule has 0 aromatic heterocycles. The first kappa shape index (κ1) is 13.4. The molecule has 0 aliphatic rings. The Balaban J connectivity index is 3.33. The van der Waals surface area contributed by atoms with Crippen LogP contribution in [0.25, 0.3) is 0 Å². The van der Waals surface area contributed by atoms with Crippen LogP contribution < -0.4 is 10.5 Å². The van der Waals surface area contributed by atoms with E-state index in [1.165, 1.54) is 7.11 Å². The molecule has 1 aromatic rings. The molecule has 0 bridgehead atoms. The third-order valence-corrected chi connectivity index (χ3v) is 3.03. The highest BCUT2D eigenvalue weighted by atomic mass is 16.5.